The predicted octanol–water partition coefficient (Wildman–Crippen LogP) is 5.39. The summed E-state index contributed by atoms with van der Waals surface area (Å²) in [6.07, 6.45) is 1.12. The SMILES string of the molecule is CCCNCc1ccc(Oc2ccc(Br)cc2)c(Cl)c1. The first kappa shape index (κ1) is 15.4. The summed E-state index contributed by atoms with van der Waals surface area (Å²) >= 11 is 9.66. The molecule has 0 radical (unpaired) electrons. The highest BCUT2D eigenvalue weighted by Crippen LogP contribution is 2.30. The van der Waals surface area contributed by atoms with Crippen LogP contribution in [0.3, 0.4) is 0 Å². The molecule has 2 rings (SSSR count). The van der Waals surface area contributed by atoms with E-state index in [-0.39, 0.29) is 0 Å². The van der Waals surface area contributed by atoms with E-state index in [1.807, 2.05) is 42.5 Å². The Hall–Kier alpha value is -1.03. The lowest BCUT2D eigenvalue weighted by molar-refractivity contribution is 0.482. The zero-order valence-electron chi connectivity index (χ0n) is 11.3. The normalized spacial score (nSPS) is 10.6. The van der Waals surface area contributed by atoms with Gasteiger partial charge in [0.1, 0.15) is 11.5 Å². The Kier molecular flexibility index (Phi) is 5.89. The van der Waals surface area contributed by atoms with E-state index in [0.717, 1.165) is 35.3 Å². The third-order valence-corrected chi connectivity index (χ3v) is 3.62. The van der Waals surface area contributed by atoms with Crippen molar-refractivity contribution in [3.8, 4) is 11.5 Å². The summed E-state index contributed by atoms with van der Waals surface area (Å²) in [6, 6.07) is 13.6. The smallest absolute Gasteiger partial charge is 0.146 e. The molecular formula is C16H17BrClNO. The first-order valence-electron chi connectivity index (χ1n) is 6.61. The van der Waals surface area contributed by atoms with Gasteiger partial charge in [-0.2, -0.15) is 0 Å². The molecule has 2 aromatic carbocycles. The lowest BCUT2D eigenvalue weighted by Crippen LogP contribution is -2.13. The van der Waals surface area contributed by atoms with E-state index in [4.69, 9.17) is 16.3 Å². The van der Waals surface area contributed by atoms with Crippen molar-refractivity contribution in [3.63, 3.8) is 0 Å². The maximum atomic E-state index is 6.26. The van der Waals surface area contributed by atoms with Crippen LogP contribution in [-0.2, 0) is 6.54 Å². The molecule has 0 saturated carbocycles. The summed E-state index contributed by atoms with van der Waals surface area (Å²) < 4.78 is 6.79. The topological polar surface area (TPSA) is 21.3 Å². The molecule has 0 fully saturated rings. The van der Waals surface area contributed by atoms with Crippen LogP contribution in [0.25, 0.3) is 0 Å². The summed E-state index contributed by atoms with van der Waals surface area (Å²) in [5.74, 6) is 1.44. The van der Waals surface area contributed by atoms with Crippen molar-refractivity contribution in [2.75, 3.05) is 6.54 Å². The van der Waals surface area contributed by atoms with E-state index >= 15 is 0 Å². The van der Waals surface area contributed by atoms with E-state index in [1.54, 1.807) is 0 Å². The fourth-order valence-corrected chi connectivity index (χ4v) is 2.28. The average molecular weight is 355 g/mol. The minimum absolute atomic E-state index is 0.628. The molecule has 0 heterocycles. The lowest BCUT2D eigenvalue weighted by atomic mass is 10.2. The molecule has 4 heteroatoms. The van der Waals surface area contributed by atoms with Gasteiger partial charge in [-0.25, -0.2) is 0 Å². The fraction of sp³-hybridized carbons (Fsp3) is 0.250. The number of hydrogen-bond donors (Lipinski definition) is 1. The van der Waals surface area contributed by atoms with Gasteiger partial charge in [-0.05, 0) is 54.9 Å². The van der Waals surface area contributed by atoms with Crippen LogP contribution in [0.2, 0.25) is 5.02 Å². The maximum Gasteiger partial charge on any atom is 0.146 e. The van der Waals surface area contributed by atoms with Gasteiger partial charge in [0.2, 0.25) is 0 Å². The van der Waals surface area contributed by atoms with Gasteiger partial charge in [-0.1, -0.05) is 40.5 Å². The van der Waals surface area contributed by atoms with Crippen molar-refractivity contribution in [1.29, 1.82) is 0 Å². The van der Waals surface area contributed by atoms with Gasteiger partial charge < -0.3 is 10.1 Å². The highest BCUT2D eigenvalue weighted by atomic mass is 79.9. The molecule has 0 atom stereocenters. The first-order valence-corrected chi connectivity index (χ1v) is 7.78. The van der Waals surface area contributed by atoms with Crippen LogP contribution in [0.4, 0.5) is 0 Å². The number of hydrogen-bond acceptors (Lipinski definition) is 2. The molecule has 0 aliphatic heterocycles. The van der Waals surface area contributed by atoms with Gasteiger partial charge in [0.15, 0.2) is 0 Å². The van der Waals surface area contributed by atoms with E-state index < -0.39 is 0 Å². The molecule has 0 saturated heterocycles. The van der Waals surface area contributed by atoms with Crippen LogP contribution >= 0.6 is 27.5 Å². The van der Waals surface area contributed by atoms with Crippen molar-refractivity contribution in [1.82, 2.24) is 5.32 Å². The standard InChI is InChI=1S/C16H17BrClNO/c1-2-9-19-11-12-3-8-16(15(18)10-12)20-14-6-4-13(17)5-7-14/h3-8,10,19H,2,9,11H2,1H3. The first-order chi connectivity index (χ1) is 9.69. The number of benzene rings is 2. The zero-order chi connectivity index (χ0) is 14.4. The Morgan fingerprint density at radius 2 is 1.90 bits per heavy atom. The van der Waals surface area contributed by atoms with Crippen molar-refractivity contribution in [2.45, 2.75) is 19.9 Å². The summed E-state index contributed by atoms with van der Waals surface area (Å²) in [7, 11) is 0. The molecule has 0 bridgehead atoms. The van der Waals surface area contributed by atoms with Gasteiger partial charge >= 0.3 is 0 Å². The quantitative estimate of drug-likeness (QED) is 0.702. The molecule has 0 aromatic heterocycles. The van der Waals surface area contributed by atoms with Crippen LogP contribution in [0.15, 0.2) is 46.9 Å². The van der Waals surface area contributed by atoms with Gasteiger partial charge in [-0.3, -0.25) is 0 Å². The Labute approximate surface area is 133 Å². The van der Waals surface area contributed by atoms with E-state index in [9.17, 15) is 0 Å². The molecule has 2 nitrogen and oxygen atoms in total. The lowest BCUT2D eigenvalue weighted by Gasteiger charge is -2.10. The fourth-order valence-electron chi connectivity index (χ4n) is 1.78. The number of ether oxygens (including phenoxy) is 1. The second kappa shape index (κ2) is 7.67. The number of halogens is 2. The summed E-state index contributed by atoms with van der Waals surface area (Å²) in [6.45, 7) is 3.98. The average Bonchev–Trinajstić information content (AvgIpc) is 2.44. The summed E-state index contributed by atoms with van der Waals surface area (Å²) in [4.78, 5) is 0. The third-order valence-electron chi connectivity index (χ3n) is 2.79. The predicted molar refractivity (Wildman–Crippen MR) is 87.7 cm³/mol. The van der Waals surface area contributed by atoms with Crippen LogP contribution in [0.1, 0.15) is 18.9 Å². The molecule has 0 amide bonds. The molecular weight excluding hydrogens is 338 g/mol. The number of rotatable bonds is 6. The second-order valence-electron chi connectivity index (χ2n) is 4.50. The van der Waals surface area contributed by atoms with Crippen LogP contribution in [0.5, 0.6) is 11.5 Å². The van der Waals surface area contributed by atoms with Gasteiger partial charge in [0.05, 0.1) is 5.02 Å². The van der Waals surface area contributed by atoms with E-state index in [1.165, 1.54) is 0 Å². The van der Waals surface area contributed by atoms with Crippen molar-refractivity contribution in [3.05, 3.63) is 57.5 Å². The molecule has 0 aliphatic rings. The Balaban J connectivity index is 2.03. The monoisotopic (exact) mass is 353 g/mol. The zero-order valence-corrected chi connectivity index (χ0v) is 13.7. The molecule has 0 aliphatic carbocycles. The molecule has 0 unspecified atom stereocenters. The van der Waals surface area contributed by atoms with Gasteiger partial charge in [0.25, 0.3) is 0 Å². The van der Waals surface area contributed by atoms with Gasteiger partial charge in [0, 0.05) is 11.0 Å². The van der Waals surface area contributed by atoms with Crippen LogP contribution in [-0.4, -0.2) is 6.54 Å². The Morgan fingerprint density at radius 1 is 1.15 bits per heavy atom. The number of nitrogens with one attached hydrogen (secondary N) is 1. The minimum Gasteiger partial charge on any atom is -0.456 e. The summed E-state index contributed by atoms with van der Waals surface area (Å²) in [5.41, 5.74) is 1.16. The van der Waals surface area contributed by atoms with Crippen molar-refractivity contribution < 1.29 is 4.74 Å². The highest BCUT2D eigenvalue weighted by molar-refractivity contribution is 9.10. The van der Waals surface area contributed by atoms with Crippen molar-refractivity contribution >= 4 is 27.5 Å². The Bertz CT molecular complexity index is 557. The largest absolute Gasteiger partial charge is 0.456 e. The minimum atomic E-state index is 0.628. The maximum absolute atomic E-state index is 6.26. The summed E-state index contributed by atoms with van der Waals surface area (Å²) in [5, 5.41) is 3.98. The van der Waals surface area contributed by atoms with Gasteiger partial charge in [-0.15, -0.1) is 0 Å². The molecule has 20 heavy (non-hydrogen) atoms. The Morgan fingerprint density at radius 3 is 2.55 bits per heavy atom. The molecule has 0 spiro atoms. The van der Waals surface area contributed by atoms with Crippen molar-refractivity contribution in [2.24, 2.45) is 0 Å². The highest BCUT2D eigenvalue weighted by Gasteiger charge is 2.04. The molecule has 2 aromatic rings. The molecule has 106 valence electrons. The van der Waals surface area contributed by atoms with Crippen LogP contribution in [0, 0.1) is 0 Å². The van der Waals surface area contributed by atoms with Crippen LogP contribution < -0.4 is 10.1 Å². The van der Waals surface area contributed by atoms with E-state index in [0.29, 0.717) is 10.8 Å². The molecule has 1 N–H and O–H groups in total. The third kappa shape index (κ3) is 4.51. The van der Waals surface area contributed by atoms with E-state index in [2.05, 4.69) is 28.2 Å². The second-order valence-corrected chi connectivity index (χ2v) is 5.82.